The van der Waals surface area contributed by atoms with E-state index in [-0.39, 0.29) is 0 Å². The van der Waals surface area contributed by atoms with Crippen LogP contribution >= 0.6 is 12.6 Å². The molecular formula is C11H18N2S. The fourth-order valence-electron chi connectivity index (χ4n) is 1.42. The quantitative estimate of drug-likeness (QED) is 0.749. The number of thiol groups is 1. The molecule has 0 aliphatic heterocycles. The summed E-state index contributed by atoms with van der Waals surface area (Å²) in [4.78, 5) is 6.57. The largest absolute Gasteiger partial charge is 0.300 e. The summed E-state index contributed by atoms with van der Waals surface area (Å²) in [5.41, 5.74) is 1.13. The fraction of sp³-hybridized carbons (Fsp3) is 0.545. The molecule has 0 fully saturated rings. The zero-order chi connectivity index (χ0) is 10.4. The van der Waals surface area contributed by atoms with Crippen molar-refractivity contribution in [3.05, 3.63) is 30.1 Å². The summed E-state index contributed by atoms with van der Waals surface area (Å²) < 4.78 is 0. The lowest BCUT2D eigenvalue weighted by atomic mass is 10.2. The number of rotatable bonds is 5. The van der Waals surface area contributed by atoms with E-state index in [1.807, 2.05) is 18.3 Å². The third kappa shape index (κ3) is 4.11. The third-order valence-electron chi connectivity index (χ3n) is 2.09. The number of hydrogen-bond donors (Lipinski definition) is 1. The molecule has 0 amide bonds. The van der Waals surface area contributed by atoms with Crippen LogP contribution in [-0.2, 0) is 6.54 Å². The maximum atomic E-state index is 4.29. The van der Waals surface area contributed by atoms with E-state index in [0.29, 0.717) is 5.92 Å². The Morgan fingerprint density at radius 3 is 2.86 bits per heavy atom. The number of hydrogen-bond acceptors (Lipinski definition) is 3. The predicted octanol–water partition coefficient (Wildman–Crippen LogP) is 2.08. The standard InChI is InChI=1S/C11H18N2S/c1-10(9-14)7-13(2)8-11-5-3-4-6-12-11/h3-6,10,14H,7-9H2,1-2H3. The Hall–Kier alpha value is -0.540. The Bertz CT molecular complexity index is 251. The molecule has 78 valence electrons. The van der Waals surface area contributed by atoms with Gasteiger partial charge in [-0.25, -0.2) is 0 Å². The number of pyridine rings is 1. The van der Waals surface area contributed by atoms with Crippen LogP contribution in [-0.4, -0.2) is 29.2 Å². The SMILES string of the molecule is CC(CS)CN(C)Cc1ccccn1. The van der Waals surface area contributed by atoms with Crippen molar-refractivity contribution in [2.24, 2.45) is 5.92 Å². The molecule has 0 spiro atoms. The highest BCUT2D eigenvalue weighted by atomic mass is 32.1. The van der Waals surface area contributed by atoms with Crippen LogP contribution in [0.15, 0.2) is 24.4 Å². The highest BCUT2D eigenvalue weighted by molar-refractivity contribution is 7.80. The van der Waals surface area contributed by atoms with Gasteiger partial charge in [0.2, 0.25) is 0 Å². The van der Waals surface area contributed by atoms with Crippen LogP contribution in [0.3, 0.4) is 0 Å². The van der Waals surface area contributed by atoms with Crippen LogP contribution in [0.1, 0.15) is 12.6 Å². The van der Waals surface area contributed by atoms with Crippen LogP contribution < -0.4 is 0 Å². The molecule has 0 saturated carbocycles. The second-order valence-electron chi connectivity index (χ2n) is 3.81. The van der Waals surface area contributed by atoms with Gasteiger partial charge < -0.3 is 4.90 Å². The Balaban J connectivity index is 2.37. The van der Waals surface area contributed by atoms with Gasteiger partial charge in [0, 0.05) is 19.3 Å². The molecule has 3 heteroatoms. The van der Waals surface area contributed by atoms with E-state index in [1.54, 1.807) is 0 Å². The first-order chi connectivity index (χ1) is 6.72. The smallest absolute Gasteiger partial charge is 0.0543 e. The average Bonchev–Trinajstić information content (AvgIpc) is 2.19. The lowest BCUT2D eigenvalue weighted by Gasteiger charge is -2.19. The average molecular weight is 210 g/mol. The van der Waals surface area contributed by atoms with Gasteiger partial charge in [-0.3, -0.25) is 4.98 Å². The molecule has 1 aromatic rings. The normalized spacial score (nSPS) is 13.1. The Labute approximate surface area is 91.8 Å². The summed E-state index contributed by atoms with van der Waals surface area (Å²) in [6.45, 7) is 4.20. The summed E-state index contributed by atoms with van der Waals surface area (Å²) >= 11 is 4.27. The first-order valence-electron chi connectivity index (χ1n) is 4.91. The van der Waals surface area contributed by atoms with Crippen molar-refractivity contribution in [1.29, 1.82) is 0 Å². The van der Waals surface area contributed by atoms with E-state index in [9.17, 15) is 0 Å². The summed E-state index contributed by atoms with van der Waals surface area (Å²) in [7, 11) is 2.12. The highest BCUT2D eigenvalue weighted by Gasteiger charge is 2.05. The van der Waals surface area contributed by atoms with E-state index >= 15 is 0 Å². The summed E-state index contributed by atoms with van der Waals surface area (Å²) in [6, 6.07) is 6.03. The van der Waals surface area contributed by atoms with Crippen LogP contribution in [0.25, 0.3) is 0 Å². The van der Waals surface area contributed by atoms with Crippen LogP contribution in [0.4, 0.5) is 0 Å². The minimum Gasteiger partial charge on any atom is -0.300 e. The van der Waals surface area contributed by atoms with Gasteiger partial charge >= 0.3 is 0 Å². The first-order valence-corrected chi connectivity index (χ1v) is 5.55. The van der Waals surface area contributed by atoms with Crippen molar-refractivity contribution in [1.82, 2.24) is 9.88 Å². The second kappa shape index (κ2) is 6.04. The molecule has 1 rings (SSSR count). The van der Waals surface area contributed by atoms with Gasteiger partial charge in [-0.1, -0.05) is 13.0 Å². The van der Waals surface area contributed by atoms with Crippen molar-refractivity contribution >= 4 is 12.6 Å². The molecule has 1 atom stereocenters. The van der Waals surface area contributed by atoms with Gasteiger partial charge in [0.05, 0.1) is 5.69 Å². The molecule has 14 heavy (non-hydrogen) atoms. The van der Waals surface area contributed by atoms with E-state index in [2.05, 4.69) is 42.6 Å². The monoisotopic (exact) mass is 210 g/mol. The molecule has 0 bridgehead atoms. The maximum Gasteiger partial charge on any atom is 0.0543 e. The van der Waals surface area contributed by atoms with Crippen molar-refractivity contribution in [2.45, 2.75) is 13.5 Å². The molecule has 1 heterocycles. The van der Waals surface area contributed by atoms with Crippen molar-refractivity contribution in [2.75, 3.05) is 19.3 Å². The van der Waals surface area contributed by atoms with E-state index in [0.717, 1.165) is 24.5 Å². The number of aromatic nitrogens is 1. The minimum atomic E-state index is 0.632. The molecule has 0 saturated heterocycles. The highest BCUT2D eigenvalue weighted by Crippen LogP contribution is 2.04. The lowest BCUT2D eigenvalue weighted by Crippen LogP contribution is -2.25. The summed E-state index contributed by atoms with van der Waals surface area (Å²) in [5, 5.41) is 0. The van der Waals surface area contributed by atoms with Crippen molar-refractivity contribution in [3.8, 4) is 0 Å². The minimum absolute atomic E-state index is 0.632. The molecular weight excluding hydrogens is 192 g/mol. The lowest BCUT2D eigenvalue weighted by molar-refractivity contribution is 0.287. The fourth-order valence-corrected chi connectivity index (χ4v) is 1.54. The van der Waals surface area contributed by atoms with E-state index in [4.69, 9.17) is 0 Å². The topological polar surface area (TPSA) is 16.1 Å². The van der Waals surface area contributed by atoms with Gasteiger partial charge in [-0.2, -0.15) is 12.6 Å². The third-order valence-corrected chi connectivity index (χ3v) is 2.72. The Morgan fingerprint density at radius 2 is 2.29 bits per heavy atom. The zero-order valence-electron chi connectivity index (χ0n) is 8.85. The predicted molar refractivity (Wildman–Crippen MR) is 63.6 cm³/mol. The van der Waals surface area contributed by atoms with Gasteiger partial charge in [-0.15, -0.1) is 0 Å². The summed E-state index contributed by atoms with van der Waals surface area (Å²) in [5.74, 6) is 1.57. The van der Waals surface area contributed by atoms with Gasteiger partial charge in [0.25, 0.3) is 0 Å². The maximum absolute atomic E-state index is 4.29. The van der Waals surface area contributed by atoms with Gasteiger partial charge in [0.1, 0.15) is 0 Å². The van der Waals surface area contributed by atoms with Crippen LogP contribution in [0, 0.1) is 5.92 Å². The molecule has 0 aromatic carbocycles. The first kappa shape index (κ1) is 11.5. The molecule has 2 nitrogen and oxygen atoms in total. The molecule has 0 aliphatic rings. The van der Waals surface area contributed by atoms with Gasteiger partial charge in [-0.05, 0) is 30.9 Å². The Kier molecular flexibility index (Phi) is 4.98. The van der Waals surface area contributed by atoms with Crippen LogP contribution in [0.2, 0.25) is 0 Å². The van der Waals surface area contributed by atoms with Crippen molar-refractivity contribution < 1.29 is 0 Å². The molecule has 0 radical (unpaired) electrons. The molecule has 1 unspecified atom stereocenters. The summed E-state index contributed by atoms with van der Waals surface area (Å²) in [6.07, 6.45) is 1.84. The van der Waals surface area contributed by atoms with Crippen molar-refractivity contribution in [3.63, 3.8) is 0 Å². The van der Waals surface area contributed by atoms with E-state index in [1.165, 1.54) is 0 Å². The second-order valence-corrected chi connectivity index (χ2v) is 4.17. The Morgan fingerprint density at radius 1 is 1.50 bits per heavy atom. The van der Waals surface area contributed by atoms with E-state index < -0.39 is 0 Å². The zero-order valence-corrected chi connectivity index (χ0v) is 9.74. The van der Waals surface area contributed by atoms with Gasteiger partial charge in [0.15, 0.2) is 0 Å². The molecule has 0 N–H and O–H groups in total. The number of nitrogens with zero attached hydrogens (tertiary/aromatic N) is 2. The molecule has 1 aromatic heterocycles. The molecule has 0 aliphatic carbocycles. The van der Waals surface area contributed by atoms with Crippen LogP contribution in [0.5, 0.6) is 0 Å².